The predicted octanol–water partition coefficient (Wildman–Crippen LogP) is 0.575. The molecule has 0 bridgehead atoms. The van der Waals surface area contributed by atoms with Crippen molar-refractivity contribution in [3.05, 3.63) is 0 Å². The number of hydrogen-bond donors (Lipinski definition) is 3. The van der Waals surface area contributed by atoms with Crippen molar-refractivity contribution < 1.29 is 19.4 Å². The van der Waals surface area contributed by atoms with Crippen molar-refractivity contribution in [3.8, 4) is 0 Å². The minimum Gasteiger partial charge on any atom is -0.481 e. The average molecular weight is 244 g/mol. The summed E-state index contributed by atoms with van der Waals surface area (Å²) < 4.78 is 5.31. The van der Waals surface area contributed by atoms with E-state index >= 15 is 0 Å². The third-order valence-corrected chi connectivity index (χ3v) is 2.84. The molecule has 98 valence electrons. The van der Waals surface area contributed by atoms with E-state index in [1.807, 2.05) is 6.92 Å². The quantitative estimate of drug-likeness (QED) is 0.675. The highest BCUT2D eigenvalue weighted by Gasteiger charge is 2.29. The van der Waals surface area contributed by atoms with Gasteiger partial charge in [0.25, 0.3) is 0 Å². The van der Waals surface area contributed by atoms with E-state index in [4.69, 9.17) is 9.84 Å². The summed E-state index contributed by atoms with van der Waals surface area (Å²) in [4.78, 5) is 22.1. The monoisotopic (exact) mass is 244 g/mol. The van der Waals surface area contributed by atoms with Crippen LogP contribution in [0.15, 0.2) is 0 Å². The minimum absolute atomic E-state index is 0.123. The smallest absolute Gasteiger partial charge is 0.315 e. The number of hydrogen-bond acceptors (Lipinski definition) is 3. The van der Waals surface area contributed by atoms with Gasteiger partial charge in [0.1, 0.15) is 0 Å². The fourth-order valence-corrected chi connectivity index (χ4v) is 1.68. The van der Waals surface area contributed by atoms with E-state index in [0.29, 0.717) is 6.61 Å². The number of carbonyl (C=O) groups excluding carboxylic acids is 1. The molecule has 3 N–H and O–H groups in total. The number of aliphatic carboxylic acids is 1. The molecule has 1 heterocycles. The van der Waals surface area contributed by atoms with Gasteiger partial charge in [-0.1, -0.05) is 6.92 Å². The third-order valence-electron chi connectivity index (χ3n) is 2.84. The maximum absolute atomic E-state index is 11.6. The number of ether oxygens (including phenoxy) is 1. The van der Waals surface area contributed by atoms with Crippen LogP contribution in [0.3, 0.4) is 0 Å². The Balaban J connectivity index is 2.31. The van der Waals surface area contributed by atoms with E-state index in [-0.39, 0.29) is 18.1 Å². The first-order chi connectivity index (χ1) is 7.93. The number of urea groups is 1. The predicted molar refractivity (Wildman–Crippen MR) is 61.8 cm³/mol. The molecule has 2 unspecified atom stereocenters. The molecule has 2 amide bonds. The molecular weight excluding hydrogens is 224 g/mol. The van der Waals surface area contributed by atoms with E-state index in [1.165, 1.54) is 0 Å². The number of rotatable bonds is 4. The van der Waals surface area contributed by atoms with Crippen LogP contribution < -0.4 is 10.6 Å². The normalized spacial score (nSPS) is 26.0. The molecule has 17 heavy (non-hydrogen) atoms. The molecule has 1 aliphatic heterocycles. The summed E-state index contributed by atoms with van der Waals surface area (Å²) in [5.74, 6) is -1.51. The van der Waals surface area contributed by atoms with Gasteiger partial charge in [-0.05, 0) is 19.8 Å². The zero-order valence-corrected chi connectivity index (χ0v) is 10.3. The zero-order chi connectivity index (χ0) is 12.9. The highest BCUT2D eigenvalue weighted by atomic mass is 16.5. The lowest BCUT2D eigenvalue weighted by Gasteiger charge is -2.34. The van der Waals surface area contributed by atoms with Gasteiger partial charge in [-0.15, -0.1) is 0 Å². The number of carboxylic acid groups (broad SMARTS) is 1. The van der Waals surface area contributed by atoms with Crippen LogP contribution in [0.2, 0.25) is 0 Å². The second-order valence-electron chi connectivity index (χ2n) is 4.79. The van der Waals surface area contributed by atoms with E-state index in [2.05, 4.69) is 10.6 Å². The lowest BCUT2D eigenvalue weighted by molar-refractivity contribution is -0.140. The van der Waals surface area contributed by atoms with Crippen LogP contribution in [-0.4, -0.2) is 42.4 Å². The molecular formula is C11H20N2O4. The number of carboxylic acids is 1. The van der Waals surface area contributed by atoms with E-state index < -0.39 is 11.9 Å². The summed E-state index contributed by atoms with van der Waals surface area (Å²) >= 11 is 0. The van der Waals surface area contributed by atoms with E-state index in [1.54, 1.807) is 6.92 Å². The lowest BCUT2D eigenvalue weighted by atomic mass is 9.95. The van der Waals surface area contributed by atoms with E-state index in [0.717, 1.165) is 19.4 Å². The SMILES string of the molecule is CC(CNC(=O)NC1(C)CCCOC1)C(=O)O. The summed E-state index contributed by atoms with van der Waals surface area (Å²) in [6.07, 6.45) is 1.79. The van der Waals surface area contributed by atoms with Crippen LogP contribution in [-0.2, 0) is 9.53 Å². The van der Waals surface area contributed by atoms with Crippen LogP contribution in [0.25, 0.3) is 0 Å². The average Bonchev–Trinajstić information content (AvgIpc) is 2.26. The second kappa shape index (κ2) is 5.86. The summed E-state index contributed by atoms with van der Waals surface area (Å²) in [7, 11) is 0. The Morgan fingerprint density at radius 1 is 1.53 bits per heavy atom. The van der Waals surface area contributed by atoms with Crippen molar-refractivity contribution in [3.63, 3.8) is 0 Å². The molecule has 0 aliphatic carbocycles. The van der Waals surface area contributed by atoms with Crippen molar-refractivity contribution in [2.75, 3.05) is 19.8 Å². The summed E-state index contributed by atoms with van der Waals surface area (Å²) in [5.41, 5.74) is -0.352. The van der Waals surface area contributed by atoms with Crippen molar-refractivity contribution >= 4 is 12.0 Å². The number of amides is 2. The molecule has 0 saturated carbocycles. The molecule has 0 radical (unpaired) electrons. The minimum atomic E-state index is -0.919. The molecule has 1 rings (SSSR count). The van der Waals surface area contributed by atoms with Gasteiger partial charge in [0.15, 0.2) is 0 Å². The van der Waals surface area contributed by atoms with Crippen LogP contribution >= 0.6 is 0 Å². The van der Waals surface area contributed by atoms with E-state index in [9.17, 15) is 9.59 Å². The molecule has 6 nitrogen and oxygen atoms in total. The van der Waals surface area contributed by atoms with Crippen molar-refractivity contribution in [2.45, 2.75) is 32.2 Å². The first-order valence-corrected chi connectivity index (χ1v) is 5.79. The van der Waals surface area contributed by atoms with Crippen molar-refractivity contribution in [2.24, 2.45) is 5.92 Å². The van der Waals surface area contributed by atoms with Gasteiger partial charge in [-0.25, -0.2) is 4.79 Å². The molecule has 0 aromatic heterocycles. The maximum Gasteiger partial charge on any atom is 0.315 e. The fourth-order valence-electron chi connectivity index (χ4n) is 1.68. The van der Waals surface area contributed by atoms with Crippen molar-refractivity contribution in [1.29, 1.82) is 0 Å². The second-order valence-corrected chi connectivity index (χ2v) is 4.79. The Morgan fingerprint density at radius 2 is 2.24 bits per heavy atom. The summed E-state index contributed by atoms with van der Waals surface area (Å²) in [6.45, 7) is 4.82. The Morgan fingerprint density at radius 3 is 2.76 bits per heavy atom. The fraction of sp³-hybridized carbons (Fsp3) is 0.818. The van der Waals surface area contributed by atoms with Crippen LogP contribution in [0.1, 0.15) is 26.7 Å². The summed E-state index contributed by atoms with van der Waals surface area (Å²) in [6, 6.07) is -0.342. The Kier molecular flexibility index (Phi) is 4.74. The van der Waals surface area contributed by atoms with Gasteiger partial charge in [0, 0.05) is 13.2 Å². The van der Waals surface area contributed by atoms with Gasteiger partial charge in [-0.2, -0.15) is 0 Å². The van der Waals surface area contributed by atoms with Crippen molar-refractivity contribution in [1.82, 2.24) is 10.6 Å². The summed E-state index contributed by atoms with van der Waals surface area (Å²) in [5, 5.41) is 14.0. The van der Waals surface area contributed by atoms with Gasteiger partial charge >= 0.3 is 12.0 Å². The molecule has 1 saturated heterocycles. The van der Waals surface area contributed by atoms with Crippen LogP contribution in [0.4, 0.5) is 4.79 Å². The first kappa shape index (κ1) is 13.8. The topological polar surface area (TPSA) is 87.7 Å². The lowest BCUT2D eigenvalue weighted by Crippen LogP contribution is -2.55. The highest BCUT2D eigenvalue weighted by molar-refractivity contribution is 5.76. The molecule has 1 fully saturated rings. The molecule has 2 atom stereocenters. The van der Waals surface area contributed by atoms with Crippen LogP contribution in [0, 0.1) is 5.92 Å². The Bertz CT molecular complexity index is 287. The molecule has 1 aliphatic rings. The molecule has 6 heteroatoms. The number of nitrogens with one attached hydrogen (secondary N) is 2. The van der Waals surface area contributed by atoms with Gasteiger partial charge in [0.05, 0.1) is 18.1 Å². The maximum atomic E-state index is 11.6. The zero-order valence-electron chi connectivity index (χ0n) is 10.3. The van der Waals surface area contributed by atoms with Gasteiger partial charge in [-0.3, -0.25) is 4.79 Å². The molecule has 0 aromatic rings. The highest BCUT2D eigenvalue weighted by Crippen LogP contribution is 2.17. The Hall–Kier alpha value is -1.30. The molecule has 0 spiro atoms. The standard InChI is InChI=1S/C11H20N2O4/c1-8(9(14)15)6-12-10(16)13-11(2)4-3-5-17-7-11/h8H,3-7H2,1-2H3,(H,14,15)(H2,12,13,16). The first-order valence-electron chi connectivity index (χ1n) is 5.79. The largest absolute Gasteiger partial charge is 0.481 e. The third kappa shape index (κ3) is 4.60. The van der Waals surface area contributed by atoms with Gasteiger partial charge in [0.2, 0.25) is 0 Å². The van der Waals surface area contributed by atoms with Gasteiger partial charge < -0.3 is 20.5 Å². The number of carbonyl (C=O) groups is 2. The molecule has 0 aromatic carbocycles. The Labute approximate surface area is 101 Å². The van der Waals surface area contributed by atoms with Crippen LogP contribution in [0.5, 0.6) is 0 Å².